The maximum atomic E-state index is 12.6. The van der Waals surface area contributed by atoms with E-state index in [-0.39, 0.29) is 23.2 Å². The van der Waals surface area contributed by atoms with Gasteiger partial charge in [-0.15, -0.1) is 0 Å². The first-order valence-electron chi connectivity index (χ1n) is 4.53. The van der Waals surface area contributed by atoms with Crippen molar-refractivity contribution in [2.24, 2.45) is 0 Å². The van der Waals surface area contributed by atoms with Gasteiger partial charge in [-0.1, -0.05) is 0 Å². The van der Waals surface area contributed by atoms with Gasteiger partial charge in [0.15, 0.2) is 0 Å². The molecule has 0 saturated carbocycles. The fourth-order valence-electron chi connectivity index (χ4n) is 1.25. The van der Waals surface area contributed by atoms with Crippen LogP contribution in [0.4, 0.5) is 8.78 Å². The van der Waals surface area contributed by atoms with Gasteiger partial charge in [0.1, 0.15) is 0 Å². The fourth-order valence-corrected chi connectivity index (χ4v) is 1.25. The summed E-state index contributed by atoms with van der Waals surface area (Å²) in [6.45, 7) is 1.42. The molecule has 0 saturated heterocycles. The smallest absolute Gasteiger partial charge is 0.311 e. The number of aryl methyl sites for hydroxylation is 1. The first-order valence-corrected chi connectivity index (χ1v) is 4.53. The molecule has 1 heterocycles. The molecule has 16 heavy (non-hydrogen) atoms. The quantitative estimate of drug-likeness (QED) is 0.798. The second kappa shape index (κ2) is 4.87. The Kier molecular flexibility index (Phi) is 3.76. The number of alkyl halides is 2. The molecule has 4 nitrogen and oxygen atoms in total. The Labute approximate surface area is 90.2 Å². The SMILES string of the molecule is COC(=O)Cc1[nH]c(=O)c(C)cc1C(F)F. The number of methoxy groups -OCH3 is 1. The van der Waals surface area contributed by atoms with Crippen molar-refractivity contribution in [1.82, 2.24) is 4.98 Å². The van der Waals surface area contributed by atoms with Crippen LogP contribution in [0.25, 0.3) is 0 Å². The molecular weight excluding hydrogens is 220 g/mol. The first kappa shape index (κ1) is 12.4. The Morgan fingerprint density at radius 2 is 2.19 bits per heavy atom. The van der Waals surface area contributed by atoms with Crippen LogP contribution >= 0.6 is 0 Å². The predicted octanol–water partition coefficient (Wildman–Crippen LogP) is 1.34. The lowest BCUT2D eigenvalue weighted by atomic mass is 10.1. The highest BCUT2D eigenvalue weighted by Gasteiger charge is 2.17. The highest BCUT2D eigenvalue weighted by molar-refractivity contribution is 5.72. The molecule has 88 valence electrons. The summed E-state index contributed by atoms with van der Waals surface area (Å²) in [7, 11) is 1.15. The number of aromatic amines is 1. The Balaban J connectivity index is 3.20. The number of halogens is 2. The number of ether oxygens (including phenoxy) is 1. The van der Waals surface area contributed by atoms with Gasteiger partial charge in [-0.2, -0.15) is 0 Å². The fraction of sp³-hybridized carbons (Fsp3) is 0.400. The summed E-state index contributed by atoms with van der Waals surface area (Å²) >= 11 is 0. The van der Waals surface area contributed by atoms with E-state index in [2.05, 4.69) is 9.72 Å². The minimum Gasteiger partial charge on any atom is -0.469 e. The number of hydrogen-bond donors (Lipinski definition) is 1. The largest absolute Gasteiger partial charge is 0.469 e. The van der Waals surface area contributed by atoms with Crippen molar-refractivity contribution >= 4 is 5.97 Å². The van der Waals surface area contributed by atoms with E-state index in [0.29, 0.717) is 0 Å². The molecule has 0 bridgehead atoms. The van der Waals surface area contributed by atoms with Gasteiger partial charge in [0.2, 0.25) is 0 Å². The highest BCUT2D eigenvalue weighted by atomic mass is 19.3. The van der Waals surface area contributed by atoms with Crippen LogP contribution in [0.3, 0.4) is 0 Å². The molecule has 1 aromatic rings. The van der Waals surface area contributed by atoms with Crippen LogP contribution in [0.5, 0.6) is 0 Å². The summed E-state index contributed by atoms with van der Waals surface area (Å²) in [5.41, 5.74) is -0.743. The Hall–Kier alpha value is -1.72. The zero-order valence-electron chi connectivity index (χ0n) is 8.84. The van der Waals surface area contributed by atoms with Gasteiger partial charge < -0.3 is 9.72 Å². The molecule has 1 rings (SSSR count). The topological polar surface area (TPSA) is 59.2 Å². The van der Waals surface area contributed by atoms with Crippen molar-refractivity contribution in [3.8, 4) is 0 Å². The minimum atomic E-state index is -2.74. The summed E-state index contributed by atoms with van der Waals surface area (Å²) in [6.07, 6.45) is -3.11. The number of carbonyl (C=O) groups excluding carboxylic acids is 1. The maximum absolute atomic E-state index is 12.6. The van der Waals surface area contributed by atoms with E-state index in [1.54, 1.807) is 0 Å². The average Bonchev–Trinajstić information content (AvgIpc) is 2.22. The van der Waals surface area contributed by atoms with E-state index in [9.17, 15) is 18.4 Å². The number of carbonyl (C=O) groups is 1. The number of hydrogen-bond acceptors (Lipinski definition) is 3. The summed E-state index contributed by atoms with van der Waals surface area (Å²) < 4.78 is 29.6. The number of esters is 1. The molecule has 0 spiro atoms. The Morgan fingerprint density at radius 3 is 2.69 bits per heavy atom. The summed E-state index contributed by atoms with van der Waals surface area (Å²) in [6, 6.07) is 1.09. The number of pyridine rings is 1. The van der Waals surface area contributed by atoms with Crippen LogP contribution in [-0.2, 0) is 16.0 Å². The molecular formula is C10H11F2NO3. The van der Waals surface area contributed by atoms with Crippen molar-refractivity contribution in [3.63, 3.8) is 0 Å². The van der Waals surface area contributed by atoms with Crippen molar-refractivity contribution < 1.29 is 18.3 Å². The lowest BCUT2D eigenvalue weighted by Crippen LogP contribution is -2.18. The summed E-state index contributed by atoms with van der Waals surface area (Å²) in [5.74, 6) is -0.679. The van der Waals surface area contributed by atoms with Gasteiger partial charge >= 0.3 is 5.97 Å². The molecule has 1 aromatic heterocycles. The number of aromatic nitrogens is 1. The third kappa shape index (κ3) is 2.65. The summed E-state index contributed by atoms with van der Waals surface area (Å²) in [4.78, 5) is 24.4. The zero-order chi connectivity index (χ0) is 12.3. The van der Waals surface area contributed by atoms with Gasteiger partial charge in [-0.3, -0.25) is 9.59 Å². The van der Waals surface area contributed by atoms with Crippen LogP contribution in [0, 0.1) is 6.92 Å². The molecule has 0 aliphatic heterocycles. The molecule has 0 aromatic carbocycles. The summed E-state index contributed by atoms with van der Waals surface area (Å²) in [5, 5.41) is 0. The van der Waals surface area contributed by atoms with Gasteiger partial charge in [-0.25, -0.2) is 8.78 Å². The van der Waals surface area contributed by atoms with E-state index in [1.807, 2.05) is 0 Å². The van der Waals surface area contributed by atoms with E-state index in [0.717, 1.165) is 13.2 Å². The Bertz CT molecular complexity index is 454. The molecule has 0 amide bonds. The minimum absolute atomic E-state index is 0.0996. The monoisotopic (exact) mass is 231 g/mol. The third-order valence-electron chi connectivity index (χ3n) is 2.13. The van der Waals surface area contributed by atoms with Gasteiger partial charge in [0, 0.05) is 16.8 Å². The standard InChI is InChI=1S/C10H11F2NO3/c1-5-3-6(9(11)12)7(13-10(5)15)4-8(14)16-2/h3,9H,4H2,1-2H3,(H,13,15). The van der Waals surface area contributed by atoms with E-state index in [1.165, 1.54) is 6.92 Å². The predicted molar refractivity (Wildman–Crippen MR) is 52.5 cm³/mol. The number of H-pyrrole nitrogens is 1. The first-order chi connectivity index (χ1) is 7.45. The van der Waals surface area contributed by atoms with Crippen LogP contribution in [0.15, 0.2) is 10.9 Å². The van der Waals surface area contributed by atoms with E-state index in [4.69, 9.17) is 0 Å². The average molecular weight is 231 g/mol. The van der Waals surface area contributed by atoms with Gasteiger partial charge in [0.25, 0.3) is 12.0 Å². The zero-order valence-corrected chi connectivity index (χ0v) is 8.84. The molecule has 0 atom stereocenters. The van der Waals surface area contributed by atoms with Crippen LogP contribution in [0.2, 0.25) is 0 Å². The van der Waals surface area contributed by atoms with E-state index < -0.39 is 18.0 Å². The highest BCUT2D eigenvalue weighted by Crippen LogP contribution is 2.21. The molecule has 0 radical (unpaired) electrons. The molecule has 0 aliphatic carbocycles. The van der Waals surface area contributed by atoms with Crippen LogP contribution < -0.4 is 5.56 Å². The molecule has 1 N–H and O–H groups in total. The third-order valence-corrected chi connectivity index (χ3v) is 2.13. The van der Waals surface area contributed by atoms with Crippen LogP contribution in [0.1, 0.15) is 23.2 Å². The van der Waals surface area contributed by atoms with Gasteiger partial charge in [-0.05, 0) is 13.0 Å². The molecule has 0 unspecified atom stereocenters. The van der Waals surface area contributed by atoms with Crippen molar-refractivity contribution in [3.05, 3.63) is 33.2 Å². The number of nitrogens with one attached hydrogen (secondary N) is 1. The molecule has 6 heteroatoms. The lowest BCUT2D eigenvalue weighted by molar-refractivity contribution is -0.139. The number of rotatable bonds is 3. The maximum Gasteiger partial charge on any atom is 0.311 e. The van der Waals surface area contributed by atoms with Crippen molar-refractivity contribution in [2.45, 2.75) is 19.8 Å². The van der Waals surface area contributed by atoms with Crippen molar-refractivity contribution in [2.75, 3.05) is 7.11 Å². The van der Waals surface area contributed by atoms with E-state index >= 15 is 0 Å². The lowest BCUT2D eigenvalue weighted by Gasteiger charge is -2.08. The van der Waals surface area contributed by atoms with Crippen LogP contribution in [-0.4, -0.2) is 18.1 Å². The second-order valence-electron chi connectivity index (χ2n) is 3.27. The van der Waals surface area contributed by atoms with Gasteiger partial charge in [0.05, 0.1) is 13.5 Å². The molecule has 0 fully saturated rings. The second-order valence-corrected chi connectivity index (χ2v) is 3.27. The van der Waals surface area contributed by atoms with Crippen molar-refractivity contribution in [1.29, 1.82) is 0 Å². The molecule has 0 aliphatic rings. The Morgan fingerprint density at radius 1 is 1.56 bits per heavy atom. The normalized spacial score (nSPS) is 10.6.